The Morgan fingerprint density at radius 3 is 2.89 bits per heavy atom. The fourth-order valence-corrected chi connectivity index (χ4v) is 2.41. The number of carbonyl (C=O) groups is 1. The van der Waals surface area contributed by atoms with Crippen LogP contribution in [0.1, 0.15) is 22.3 Å². The number of ether oxygens (including phenoxy) is 1. The number of hydrogen-bond acceptors (Lipinski definition) is 2. The van der Waals surface area contributed by atoms with Crippen molar-refractivity contribution in [3.8, 4) is 0 Å². The van der Waals surface area contributed by atoms with Gasteiger partial charge in [0.1, 0.15) is 0 Å². The maximum Gasteiger partial charge on any atom is 0.251 e. The molecule has 3 nitrogen and oxygen atoms in total. The van der Waals surface area contributed by atoms with E-state index in [1.54, 1.807) is 7.11 Å². The summed E-state index contributed by atoms with van der Waals surface area (Å²) in [7, 11) is 1.66. The standard InChI is InChI=1S/C13H17Br2NO2/c1-9-11(4-3-5-12(9)15)13(17)16-7-6-10(14)8-18-2/h3-5,10H,6-8H2,1-2H3,(H,16,17). The van der Waals surface area contributed by atoms with E-state index < -0.39 is 0 Å². The molecule has 18 heavy (non-hydrogen) atoms. The fourth-order valence-electron chi connectivity index (χ4n) is 1.56. The summed E-state index contributed by atoms with van der Waals surface area (Å²) in [5.41, 5.74) is 1.67. The van der Waals surface area contributed by atoms with Gasteiger partial charge in [0, 0.05) is 28.5 Å². The molecule has 1 rings (SSSR count). The SMILES string of the molecule is COCC(Br)CCNC(=O)c1cccc(Br)c1C. The molecule has 0 aliphatic rings. The van der Waals surface area contributed by atoms with E-state index in [4.69, 9.17) is 4.74 Å². The third-order valence-corrected chi connectivity index (χ3v) is 4.18. The molecule has 1 aromatic rings. The summed E-state index contributed by atoms with van der Waals surface area (Å²) in [5.74, 6) is -0.0362. The van der Waals surface area contributed by atoms with Crippen molar-refractivity contribution in [3.05, 3.63) is 33.8 Å². The number of rotatable bonds is 6. The molecule has 0 aliphatic heterocycles. The van der Waals surface area contributed by atoms with Crippen LogP contribution in [0.3, 0.4) is 0 Å². The van der Waals surface area contributed by atoms with E-state index in [-0.39, 0.29) is 10.7 Å². The maximum atomic E-state index is 12.0. The molecule has 1 atom stereocenters. The van der Waals surface area contributed by atoms with Gasteiger partial charge in [-0.3, -0.25) is 4.79 Å². The Kier molecular flexibility index (Phi) is 6.89. The molecular weight excluding hydrogens is 362 g/mol. The molecule has 1 amide bonds. The molecule has 0 fully saturated rings. The molecule has 1 aromatic carbocycles. The van der Waals surface area contributed by atoms with Crippen LogP contribution in [0, 0.1) is 6.92 Å². The molecule has 0 aliphatic carbocycles. The summed E-state index contributed by atoms with van der Waals surface area (Å²) in [6, 6.07) is 5.62. The van der Waals surface area contributed by atoms with E-state index in [0.29, 0.717) is 18.7 Å². The first-order valence-corrected chi connectivity index (χ1v) is 7.43. The number of alkyl halides is 1. The summed E-state index contributed by atoms with van der Waals surface area (Å²) in [6.07, 6.45) is 0.840. The predicted octanol–water partition coefficient (Wildman–Crippen LogP) is 3.29. The number of hydrogen-bond donors (Lipinski definition) is 1. The van der Waals surface area contributed by atoms with Gasteiger partial charge in [0.15, 0.2) is 0 Å². The van der Waals surface area contributed by atoms with E-state index in [1.807, 2.05) is 25.1 Å². The van der Waals surface area contributed by atoms with Crippen LogP contribution in [-0.4, -0.2) is 31.0 Å². The molecule has 0 spiro atoms. The second kappa shape index (κ2) is 7.92. The third kappa shape index (κ3) is 4.71. The van der Waals surface area contributed by atoms with E-state index in [2.05, 4.69) is 37.2 Å². The van der Waals surface area contributed by atoms with Crippen molar-refractivity contribution in [1.82, 2.24) is 5.32 Å². The van der Waals surface area contributed by atoms with Gasteiger partial charge >= 0.3 is 0 Å². The van der Waals surface area contributed by atoms with Gasteiger partial charge in [0.25, 0.3) is 5.91 Å². The van der Waals surface area contributed by atoms with Gasteiger partial charge in [0.05, 0.1) is 6.61 Å². The quantitative estimate of drug-likeness (QED) is 0.771. The van der Waals surface area contributed by atoms with Crippen LogP contribution in [0.5, 0.6) is 0 Å². The monoisotopic (exact) mass is 377 g/mol. The highest BCUT2D eigenvalue weighted by molar-refractivity contribution is 9.10. The van der Waals surface area contributed by atoms with Crippen molar-refractivity contribution >= 4 is 37.8 Å². The number of nitrogens with one attached hydrogen (secondary N) is 1. The Labute approximate surface area is 125 Å². The lowest BCUT2D eigenvalue weighted by molar-refractivity contribution is 0.0951. The van der Waals surface area contributed by atoms with Crippen molar-refractivity contribution in [2.45, 2.75) is 18.2 Å². The highest BCUT2D eigenvalue weighted by Gasteiger charge is 2.11. The molecule has 100 valence electrons. The zero-order chi connectivity index (χ0) is 13.5. The Hall–Kier alpha value is -0.390. The Morgan fingerprint density at radius 1 is 1.50 bits per heavy atom. The van der Waals surface area contributed by atoms with E-state index >= 15 is 0 Å². The van der Waals surface area contributed by atoms with Crippen molar-refractivity contribution in [2.24, 2.45) is 0 Å². The number of methoxy groups -OCH3 is 1. The van der Waals surface area contributed by atoms with Crippen LogP contribution in [0.2, 0.25) is 0 Å². The van der Waals surface area contributed by atoms with E-state index in [9.17, 15) is 4.79 Å². The van der Waals surface area contributed by atoms with Gasteiger partial charge in [0.2, 0.25) is 0 Å². The van der Waals surface area contributed by atoms with Gasteiger partial charge in [-0.1, -0.05) is 37.9 Å². The molecular formula is C13H17Br2NO2. The lowest BCUT2D eigenvalue weighted by Crippen LogP contribution is -2.27. The van der Waals surface area contributed by atoms with E-state index in [1.165, 1.54) is 0 Å². The minimum atomic E-state index is -0.0362. The number of halogens is 2. The van der Waals surface area contributed by atoms with Crippen LogP contribution in [-0.2, 0) is 4.74 Å². The normalized spacial score (nSPS) is 12.2. The Balaban J connectivity index is 2.48. The van der Waals surface area contributed by atoms with Gasteiger partial charge < -0.3 is 10.1 Å². The first-order valence-electron chi connectivity index (χ1n) is 5.72. The number of benzene rings is 1. The second-order valence-corrected chi connectivity index (χ2v) is 6.16. The van der Waals surface area contributed by atoms with Crippen molar-refractivity contribution in [2.75, 3.05) is 20.3 Å². The van der Waals surface area contributed by atoms with Gasteiger partial charge in [-0.05, 0) is 31.0 Å². The van der Waals surface area contributed by atoms with Crippen LogP contribution in [0.15, 0.2) is 22.7 Å². The highest BCUT2D eigenvalue weighted by atomic mass is 79.9. The molecule has 5 heteroatoms. The smallest absolute Gasteiger partial charge is 0.251 e. The summed E-state index contributed by atoms with van der Waals surface area (Å²) in [5, 5.41) is 2.91. The van der Waals surface area contributed by atoms with Crippen LogP contribution >= 0.6 is 31.9 Å². The molecule has 0 saturated carbocycles. The second-order valence-electron chi connectivity index (χ2n) is 4.01. The molecule has 0 heterocycles. The van der Waals surface area contributed by atoms with Gasteiger partial charge in [-0.15, -0.1) is 0 Å². The summed E-state index contributed by atoms with van der Waals surface area (Å²) in [4.78, 5) is 12.2. The molecule has 1 N–H and O–H groups in total. The topological polar surface area (TPSA) is 38.3 Å². The minimum absolute atomic E-state index is 0.0362. The zero-order valence-electron chi connectivity index (χ0n) is 10.5. The van der Waals surface area contributed by atoms with E-state index in [0.717, 1.165) is 16.5 Å². The molecule has 0 radical (unpaired) electrons. The maximum absolute atomic E-state index is 12.0. The first-order chi connectivity index (χ1) is 8.56. The summed E-state index contributed by atoms with van der Waals surface area (Å²) < 4.78 is 5.97. The third-order valence-electron chi connectivity index (χ3n) is 2.60. The van der Waals surface area contributed by atoms with Crippen molar-refractivity contribution in [1.29, 1.82) is 0 Å². The minimum Gasteiger partial charge on any atom is -0.384 e. The molecule has 0 aromatic heterocycles. The first kappa shape index (κ1) is 15.7. The zero-order valence-corrected chi connectivity index (χ0v) is 13.7. The van der Waals surface area contributed by atoms with Crippen molar-refractivity contribution < 1.29 is 9.53 Å². The lowest BCUT2D eigenvalue weighted by atomic mass is 10.1. The average molecular weight is 379 g/mol. The van der Waals surface area contributed by atoms with Gasteiger partial charge in [-0.2, -0.15) is 0 Å². The molecule has 0 saturated heterocycles. The van der Waals surface area contributed by atoms with Crippen molar-refractivity contribution in [3.63, 3.8) is 0 Å². The summed E-state index contributed by atoms with van der Waals surface area (Å²) in [6.45, 7) is 3.20. The average Bonchev–Trinajstić information content (AvgIpc) is 2.33. The van der Waals surface area contributed by atoms with Crippen LogP contribution < -0.4 is 5.32 Å². The summed E-state index contributed by atoms with van der Waals surface area (Å²) >= 11 is 6.91. The predicted molar refractivity (Wildman–Crippen MR) is 80.4 cm³/mol. The fraction of sp³-hybridized carbons (Fsp3) is 0.462. The number of amides is 1. The largest absolute Gasteiger partial charge is 0.384 e. The Morgan fingerprint density at radius 2 is 2.22 bits per heavy atom. The molecule has 0 bridgehead atoms. The highest BCUT2D eigenvalue weighted by Crippen LogP contribution is 2.19. The lowest BCUT2D eigenvalue weighted by Gasteiger charge is -2.11. The number of carbonyl (C=O) groups excluding carboxylic acids is 1. The Bertz CT molecular complexity index is 410. The van der Waals surface area contributed by atoms with Crippen LogP contribution in [0.4, 0.5) is 0 Å². The molecule has 1 unspecified atom stereocenters. The van der Waals surface area contributed by atoms with Crippen LogP contribution in [0.25, 0.3) is 0 Å². The van der Waals surface area contributed by atoms with Gasteiger partial charge in [-0.25, -0.2) is 0 Å².